The molecule has 0 spiro atoms. The van der Waals surface area contributed by atoms with Crippen molar-refractivity contribution in [2.45, 2.75) is 40.0 Å². The van der Waals surface area contributed by atoms with E-state index in [4.69, 9.17) is 4.52 Å². The molecule has 0 saturated heterocycles. The molecule has 4 nitrogen and oxygen atoms in total. The van der Waals surface area contributed by atoms with E-state index in [-0.39, 0.29) is 6.54 Å². The maximum absolute atomic E-state index is 12.3. The van der Waals surface area contributed by atoms with Gasteiger partial charge in [0, 0.05) is 12.6 Å². The fraction of sp³-hybridized carbons (Fsp3) is 0.769. The Hall–Kier alpha value is -1.08. The quantitative estimate of drug-likeness (QED) is 0.800. The number of nitrogens with one attached hydrogen (secondary N) is 1. The molecule has 0 bridgehead atoms. The molecular weight excluding hydrogens is 271 g/mol. The minimum absolute atomic E-state index is 0.118. The number of hydrogen-bond donors (Lipinski definition) is 1. The first-order chi connectivity index (χ1) is 9.30. The van der Waals surface area contributed by atoms with Crippen LogP contribution in [0.25, 0.3) is 0 Å². The van der Waals surface area contributed by atoms with Crippen LogP contribution in [0.2, 0.25) is 0 Å². The van der Waals surface area contributed by atoms with Gasteiger partial charge in [-0.05, 0) is 19.0 Å². The average Bonchev–Trinajstić information content (AvgIpc) is 2.73. The lowest BCUT2D eigenvalue weighted by Gasteiger charge is -2.20. The number of aromatic nitrogens is 1. The number of nitrogens with zero attached hydrogens (tertiary/aromatic N) is 2. The van der Waals surface area contributed by atoms with Crippen molar-refractivity contribution in [3.8, 4) is 0 Å². The number of halogens is 3. The first-order valence-corrected chi connectivity index (χ1v) is 6.74. The predicted molar refractivity (Wildman–Crippen MR) is 70.1 cm³/mol. The molecule has 0 aliphatic heterocycles. The van der Waals surface area contributed by atoms with Gasteiger partial charge in [-0.15, -0.1) is 0 Å². The van der Waals surface area contributed by atoms with Gasteiger partial charge in [-0.25, -0.2) is 0 Å². The van der Waals surface area contributed by atoms with Gasteiger partial charge in [0.25, 0.3) is 0 Å². The third-order valence-electron chi connectivity index (χ3n) is 2.70. The molecular formula is C13H22F3N3O. The minimum atomic E-state index is -4.20. The Morgan fingerprint density at radius 1 is 1.40 bits per heavy atom. The van der Waals surface area contributed by atoms with Crippen molar-refractivity contribution in [2.75, 3.05) is 19.6 Å². The molecule has 116 valence electrons. The second-order valence-electron chi connectivity index (χ2n) is 5.23. The summed E-state index contributed by atoms with van der Waals surface area (Å²) in [5, 5.41) is 7.06. The standard InChI is InChI=1S/C13H22F3N3O/c1-4-19(9-13(14,15)16)8-12-5-11(18-20-12)7-17-6-10(2)3/h5,10,17H,4,6-9H2,1-3H3. The fourth-order valence-corrected chi connectivity index (χ4v) is 1.76. The lowest BCUT2D eigenvalue weighted by molar-refractivity contribution is -0.147. The van der Waals surface area contributed by atoms with Gasteiger partial charge in [-0.3, -0.25) is 4.90 Å². The zero-order valence-electron chi connectivity index (χ0n) is 12.1. The van der Waals surface area contributed by atoms with Crippen LogP contribution < -0.4 is 5.32 Å². The van der Waals surface area contributed by atoms with E-state index >= 15 is 0 Å². The molecule has 1 rings (SSSR count). The molecule has 0 saturated carbocycles. The van der Waals surface area contributed by atoms with Gasteiger partial charge in [0.05, 0.1) is 18.8 Å². The van der Waals surface area contributed by atoms with Crippen LogP contribution in [0.1, 0.15) is 32.2 Å². The maximum Gasteiger partial charge on any atom is 0.401 e. The van der Waals surface area contributed by atoms with Crippen molar-refractivity contribution in [1.82, 2.24) is 15.4 Å². The second kappa shape index (κ2) is 7.64. The van der Waals surface area contributed by atoms with E-state index in [0.29, 0.717) is 30.5 Å². The van der Waals surface area contributed by atoms with E-state index in [0.717, 1.165) is 6.54 Å². The molecule has 7 heteroatoms. The molecule has 0 aliphatic rings. The van der Waals surface area contributed by atoms with Crippen molar-refractivity contribution >= 4 is 0 Å². The summed E-state index contributed by atoms with van der Waals surface area (Å²) in [4.78, 5) is 1.27. The Labute approximate surface area is 117 Å². The largest absolute Gasteiger partial charge is 0.401 e. The molecule has 1 heterocycles. The average molecular weight is 293 g/mol. The maximum atomic E-state index is 12.3. The van der Waals surface area contributed by atoms with Gasteiger partial charge in [-0.2, -0.15) is 13.2 Å². The SMILES string of the molecule is CCN(Cc1cc(CNCC(C)C)no1)CC(F)(F)F. The summed E-state index contributed by atoms with van der Waals surface area (Å²) in [5.41, 5.74) is 0.712. The third-order valence-corrected chi connectivity index (χ3v) is 2.70. The van der Waals surface area contributed by atoms with Crippen molar-refractivity contribution in [3.63, 3.8) is 0 Å². The minimum Gasteiger partial charge on any atom is -0.360 e. The molecule has 0 aliphatic carbocycles. The Morgan fingerprint density at radius 2 is 2.10 bits per heavy atom. The lowest BCUT2D eigenvalue weighted by atomic mass is 10.2. The smallest absolute Gasteiger partial charge is 0.360 e. The van der Waals surface area contributed by atoms with Crippen LogP contribution >= 0.6 is 0 Å². The summed E-state index contributed by atoms with van der Waals surface area (Å²) in [6.07, 6.45) is -4.20. The van der Waals surface area contributed by atoms with Gasteiger partial charge in [-0.1, -0.05) is 25.9 Å². The molecule has 0 unspecified atom stereocenters. The molecule has 1 aromatic heterocycles. The number of hydrogen-bond acceptors (Lipinski definition) is 4. The summed E-state index contributed by atoms with van der Waals surface area (Å²) in [7, 11) is 0. The van der Waals surface area contributed by atoms with Crippen molar-refractivity contribution in [1.29, 1.82) is 0 Å². The Balaban J connectivity index is 2.45. The molecule has 0 atom stereocenters. The topological polar surface area (TPSA) is 41.3 Å². The van der Waals surface area contributed by atoms with Crippen LogP contribution in [0, 0.1) is 5.92 Å². The molecule has 0 fully saturated rings. The van der Waals surface area contributed by atoms with Gasteiger partial charge in [0.1, 0.15) is 0 Å². The van der Waals surface area contributed by atoms with Gasteiger partial charge >= 0.3 is 6.18 Å². The van der Waals surface area contributed by atoms with E-state index in [1.807, 2.05) is 0 Å². The van der Waals surface area contributed by atoms with E-state index in [1.54, 1.807) is 13.0 Å². The van der Waals surface area contributed by atoms with E-state index < -0.39 is 12.7 Å². The van der Waals surface area contributed by atoms with Crippen LogP contribution in [-0.2, 0) is 13.1 Å². The highest BCUT2D eigenvalue weighted by Crippen LogP contribution is 2.18. The van der Waals surface area contributed by atoms with Crippen LogP contribution in [-0.4, -0.2) is 35.9 Å². The first kappa shape index (κ1) is 17.0. The third kappa shape index (κ3) is 6.91. The zero-order valence-corrected chi connectivity index (χ0v) is 12.1. The van der Waals surface area contributed by atoms with Crippen LogP contribution in [0.5, 0.6) is 0 Å². The van der Waals surface area contributed by atoms with Crippen LogP contribution in [0.4, 0.5) is 13.2 Å². The molecule has 0 amide bonds. The summed E-state index contributed by atoms with van der Waals surface area (Å²) in [6, 6.07) is 1.70. The van der Waals surface area contributed by atoms with E-state index in [9.17, 15) is 13.2 Å². The summed E-state index contributed by atoms with van der Waals surface area (Å²) in [6.45, 7) is 6.78. The lowest BCUT2D eigenvalue weighted by Crippen LogP contribution is -2.33. The second-order valence-corrected chi connectivity index (χ2v) is 5.23. The van der Waals surface area contributed by atoms with Gasteiger partial charge in [0.15, 0.2) is 5.76 Å². The Kier molecular flexibility index (Phi) is 6.48. The first-order valence-electron chi connectivity index (χ1n) is 6.74. The highest BCUT2D eigenvalue weighted by atomic mass is 19.4. The Morgan fingerprint density at radius 3 is 2.65 bits per heavy atom. The monoisotopic (exact) mass is 293 g/mol. The molecule has 0 radical (unpaired) electrons. The summed E-state index contributed by atoms with van der Waals surface area (Å²) < 4.78 is 42.1. The van der Waals surface area contributed by atoms with Crippen molar-refractivity contribution in [2.24, 2.45) is 5.92 Å². The van der Waals surface area contributed by atoms with Crippen molar-refractivity contribution in [3.05, 3.63) is 17.5 Å². The number of rotatable bonds is 8. The zero-order chi connectivity index (χ0) is 15.2. The highest BCUT2D eigenvalue weighted by Gasteiger charge is 2.30. The molecule has 1 N–H and O–H groups in total. The fourth-order valence-electron chi connectivity index (χ4n) is 1.76. The molecule has 20 heavy (non-hydrogen) atoms. The molecule has 0 aromatic carbocycles. The normalized spacial score (nSPS) is 12.6. The highest BCUT2D eigenvalue weighted by molar-refractivity contribution is 5.05. The van der Waals surface area contributed by atoms with E-state index in [2.05, 4.69) is 24.3 Å². The van der Waals surface area contributed by atoms with Crippen molar-refractivity contribution < 1.29 is 17.7 Å². The predicted octanol–water partition coefficient (Wildman–Crippen LogP) is 2.80. The Bertz CT molecular complexity index is 390. The van der Waals surface area contributed by atoms with Gasteiger partial charge in [0.2, 0.25) is 0 Å². The van der Waals surface area contributed by atoms with Crippen LogP contribution in [0.15, 0.2) is 10.6 Å². The summed E-state index contributed by atoms with van der Waals surface area (Å²) >= 11 is 0. The van der Waals surface area contributed by atoms with Crippen LogP contribution in [0.3, 0.4) is 0 Å². The summed E-state index contributed by atoms with van der Waals surface area (Å²) in [5.74, 6) is 0.987. The van der Waals surface area contributed by atoms with Gasteiger partial charge < -0.3 is 9.84 Å². The van der Waals surface area contributed by atoms with E-state index in [1.165, 1.54) is 4.90 Å². The number of alkyl halides is 3. The molecule has 1 aromatic rings.